The van der Waals surface area contributed by atoms with Gasteiger partial charge in [0.25, 0.3) is 0 Å². The number of likely N-dealkylation sites (tertiary alicyclic amines) is 1. The van der Waals surface area contributed by atoms with Gasteiger partial charge in [0.2, 0.25) is 0 Å². The molecule has 1 N–H and O–H groups in total. The number of nitrogens with one attached hydrogen (secondary N) is 1. The van der Waals surface area contributed by atoms with Crippen molar-refractivity contribution in [3.05, 3.63) is 0 Å². The molecule has 6 heteroatoms. The van der Waals surface area contributed by atoms with Crippen LogP contribution in [0.15, 0.2) is 0 Å². The highest BCUT2D eigenvalue weighted by molar-refractivity contribution is 5.75. The second-order valence-corrected chi connectivity index (χ2v) is 7.13. The summed E-state index contributed by atoms with van der Waals surface area (Å²) in [6.07, 6.45) is 1.20. The number of ether oxygens (including phenoxy) is 1. The summed E-state index contributed by atoms with van der Waals surface area (Å²) in [6.45, 7) is 14.2. The van der Waals surface area contributed by atoms with Gasteiger partial charge in [-0.2, -0.15) is 0 Å². The molecule has 0 unspecified atom stereocenters. The predicted molar refractivity (Wildman–Crippen MR) is 86.9 cm³/mol. The molecule has 0 aromatic rings. The van der Waals surface area contributed by atoms with Gasteiger partial charge in [0.15, 0.2) is 0 Å². The number of piperidine rings is 1. The Hall–Kier alpha value is -1.46. The number of nitrogens with zero attached hydrogens (tertiary/aromatic N) is 2. The molecule has 1 rings (SSSR count). The number of amides is 3. The van der Waals surface area contributed by atoms with E-state index in [1.807, 2.05) is 41.5 Å². The summed E-state index contributed by atoms with van der Waals surface area (Å²) in [7, 11) is 0. The molecule has 1 fully saturated rings. The standard InChI is InChI=1S/C16H31N3O3/c1-7-18(8-2)13(20)17-16(6)9-11-19(12-10-16)14(21)22-15(3,4)5/h7-12H2,1-6H3,(H,17,20). The van der Waals surface area contributed by atoms with Crippen LogP contribution in [0.3, 0.4) is 0 Å². The fourth-order valence-electron chi connectivity index (χ4n) is 2.48. The Balaban J connectivity index is 2.53. The quantitative estimate of drug-likeness (QED) is 0.871. The number of urea groups is 1. The van der Waals surface area contributed by atoms with Crippen LogP contribution in [0.2, 0.25) is 0 Å². The zero-order valence-electron chi connectivity index (χ0n) is 14.9. The summed E-state index contributed by atoms with van der Waals surface area (Å²) < 4.78 is 5.39. The van der Waals surface area contributed by atoms with Crippen LogP contribution in [-0.4, -0.2) is 59.2 Å². The molecule has 0 aromatic heterocycles. The minimum absolute atomic E-state index is 0.0294. The van der Waals surface area contributed by atoms with Crippen molar-refractivity contribution in [3.63, 3.8) is 0 Å². The molecule has 0 saturated carbocycles. The predicted octanol–water partition coefficient (Wildman–Crippen LogP) is 2.83. The minimum Gasteiger partial charge on any atom is -0.444 e. The molecule has 1 heterocycles. The van der Waals surface area contributed by atoms with Crippen LogP contribution in [0.1, 0.15) is 54.4 Å². The van der Waals surface area contributed by atoms with E-state index in [0.717, 1.165) is 12.8 Å². The number of carbonyl (C=O) groups is 2. The maximum absolute atomic E-state index is 12.2. The maximum atomic E-state index is 12.2. The van der Waals surface area contributed by atoms with Crippen molar-refractivity contribution in [3.8, 4) is 0 Å². The minimum atomic E-state index is -0.477. The first-order valence-corrected chi connectivity index (χ1v) is 8.15. The molecular formula is C16H31N3O3. The molecule has 128 valence electrons. The summed E-state index contributed by atoms with van der Waals surface area (Å²) >= 11 is 0. The van der Waals surface area contributed by atoms with Gasteiger partial charge in [0.1, 0.15) is 5.60 Å². The van der Waals surface area contributed by atoms with E-state index >= 15 is 0 Å². The highest BCUT2D eigenvalue weighted by atomic mass is 16.6. The van der Waals surface area contributed by atoms with Crippen molar-refractivity contribution in [1.82, 2.24) is 15.1 Å². The molecule has 1 aliphatic heterocycles. The lowest BCUT2D eigenvalue weighted by atomic mass is 9.90. The van der Waals surface area contributed by atoms with E-state index in [2.05, 4.69) is 5.32 Å². The summed E-state index contributed by atoms with van der Waals surface area (Å²) in [6, 6.07) is -0.0294. The Bertz CT molecular complexity index is 392. The number of rotatable bonds is 3. The summed E-state index contributed by atoms with van der Waals surface area (Å²) in [5.41, 5.74) is -0.743. The average Bonchev–Trinajstić information content (AvgIpc) is 2.38. The fourth-order valence-corrected chi connectivity index (χ4v) is 2.48. The first-order valence-electron chi connectivity index (χ1n) is 8.15. The van der Waals surface area contributed by atoms with E-state index in [9.17, 15) is 9.59 Å². The van der Waals surface area contributed by atoms with Crippen LogP contribution in [-0.2, 0) is 4.74 Å². The van der Waals surface area contributed by atoms with E-state index in [0.29, 0.717) is 26.2 Å². The number of hydrogen-bond donors (Lipinski definition) is 1. The van der Waals surface area contributed by atoms with Gasteiger partial charge >= 0.3 is 12.1 Å². The molecule has 0 atom stereocenters. The molecule has 22 heavy (non-hydrogen) atoms. The van der Waals surface area contributed by atoms with E-state index in [4.69, 9.17) is 4.74 Å². The Morgan fingerprint density at radius 3 is 2.09 bits per heavy atom. The van der Waals surface area contributed by atoms with Crippen LogP contribution < -0.4 is 5.32 Å². The van der Waals surface area contributed by atoms with Gasteiger partial charge in [-0.3, -0.25) is 0 Å². The van der Waals surface area contributed by atoms with Crippen molar-refractivity contribution in [2.24, 2.45) is 0 Å². The molecule has 0 spiro atoms. The highest BCUT2D eigenvalue weighted by Crippen LogP contribution is 2.23. The zero-order chi connectivity index (χ0) is 17.0. The third kappa shape index (κ3) is 5.39. The van der Waals surface area contributed by atoms with Crippen LogP contribution >= 0.6 is 0 Å². The van der Waals surface area contributed by atoms with Gasteiger partial charge in [0.05, 0.1) is 0 Å². The summed E-state index contributed by atoms with van der Waals surface area (Å²) in [4.78, 5) is 27.7. The van der Waals surface area contributed by atoms with Crippen molar-refractivity contribution in [1.29, 1.82) is 0 Å². The normalized spacial score (nSPS) is 17.8. The molecule has 3 amide bonds. The van der Waals surface area contributed by atoms with Crippen LogP contribution in [0.25, 0.3) is 0 Å². The highest BCUT2D eigenvalue weighted by Gasteiger charge is 2.35. The topological polar surface area (TPSA) is 61.9 Å². The largest absolute Gasteiger partial charge is 0.444 e. The lowest BCUT2D eigenvalue weighted by Crippen LogP contribution is -2.57. The monoisotopic (exact) mass is 313 g/mol. The van der Waals surface area contributed by atoms with Gasteiger partial charge in [-0.1, -0.05) is 0 Å². The Kier molecular flexibility index (Phi) is 6.08. The Labute approximate surface area is 134 Å². The van der Waals surface area contributed by atoms with Crippen LogP contribution in [0, 0.1) is 0 Å². The first kappa shape index (κ1) is 18.6. The van der Waals surface area contributed by atoms with Gasteiger partial charge in [-0.05, 0) is 54.4 Å². The Morgan fingerprint density at radius 1 is 1.18 bits per heavy atom. The second kappa shape index (κ2) is 7.20. The lowest BCUT2D eigenvalue weighted by molar-refractivity contribution is 0.0162. The Morgan fingerprint density at radius 2 is 1.68 bits per heavy atom. The zero-order valence-corrected chi connectivity index (χ0v) is 14.9. The molecule has 6 nitrogen and oxygen atoms in total. The van der Waals surface area contributed by atoms with E-state index in [1.54, 1.807) is 9.80 Å². The van der Waals surface area contributed by atoms with E-state index in [1.165, 1.54) is 0 Å². The molecule has 0 aromatic carbocycles. The van der Waals surface area contributed by atoms with Gasteiger partial charge < -0.3 is 19.9 Å². The van der Waals surface area contributed by atoms with Crippen molar-refractivity contribution < 1.29 is 14.3 Å². The number of hydrogen-bond acceptors (Lipinski definition) is 3. The maximum Gasteiger partial charge on any atom is 0.410 e. The van der Waals surface area contributed by atoms with Gasteiger partial charge in [-0.25, -0.2) is 9.59 Å². The van der Waals surface area contributed by atoms with Crippen molar-refractivity contribution >= 4 is 12.1 Å². The summed E-state index contributed by atoms with van der Waals surface area (Å²) in [5, 5.41) is 3.11. The molecule has 1 aliphatic rings. The van der Waals surface area contributed by atoms with Crippen LogP contribution in [0.5, 0.6) is 0 Å². The van der Waals surface area contributed by atoms with E-state index < -0.39 is 5.60 Å². The van der Waals surface area contributed by atoms with Crippen LogP contribution in [0.4, 0.5) is 9.59 Å². The smallest absolute Gasteiger partial charge is 0.410 e. The third-order valence-corrected chi connectivity index (χ3v) is 3.98. The second-order valence-electron chi connectivity index (χ2n) is 7.13. The molecule has 0 radical (unpaired) electrons. The number of carbonyl (C=O) groups excluding carboxylic acids is 2. The molecule has 1 saturated heterocycles. The average molecular weight is 313 g/mol. The van der Waals surface area contributed by atoms with Gasteiger partial charge in [-0.15, -0.1) is 0 Å². The van der Waals surface area contributed by atoms with Crippen molar-refractivity contribution in [2.45, 2.75) is 65.5 Å². The SMILES string of the molecule is CCN(CC)C(=O)NC1(C)CCN(C(=O)OC(C)(C)C)CC1. The third-order valence-electron chi connectivity index (χ3n) is 3.98. The molecule has 0 bridgehead atoms. The summed E-state index contributed by atoms with van der Waals surface area (Å²) in [5.74, 6) is 0. The first-order chi connectivity index (χ1) is 10.1. The molecular weight excluding hydrogens is 282 g/mol. The fraction of sp³-hybridized carbons (Fsp3) is 0.875. The lowest BCUT2D eigenvalue weighted by Gasteiger charge is -2.41. The van der Waals surface area contributed by atoms with Crippen molar-refractivity contribution in [2.75, 3.05) is 26.2 Å². The van der Waals surface area contributed by atoms with E-state index in [-0.39, 0.29) is 17.7 Å². The van der Waals surface area contributed by atoms with Gasteiger partial charge in [0, 0.05) is 31.7 Å². The molecule has 0 aliphatic carbocycles.